The lowest BCUT2D eigenvalue weighted by Gasteiger charge is -2.13. The average molecular weight is 269 g/mol. The SMILES string of the molecule is COC(=O)C(Cc1ccc(C(=O)OF)cc1)NC=O. The molecule has 102 valence electrons. The van der Waals surface area contributed by atoms with Crippen LogP contribution in [0.25, 0.3) is 0 Å². The van der Waals surface area contributed by atoms with Gasteiger partial charge in [0.15, 0.2) is 0 Å². The number of benzene rings is 1. The zero-order valence-corrected chi connectivity index (χ0v) is 10.1. The molecule has 1 aromatic rings. The molecule has 0 saturated carbocycles. The van der Waals surface area contributed by atoms with Gasteiger partial charge in [0.1, 0.15) is 6.04 Å². The number of carbonyl (C=O) groups excluding carboxylic acids is 3. The number of rotatable bonds is 6. The largest absolute Gasteiger partial charge is 0.467 e. The molecule has 1 rings (SSSR count). The minimum Gasteiger partial charge on any atom is -0.467 e. The van der Waals surface area contributed by atoms with Crippen molar-refractivity contribution in [3.05, 3.63) is 35.4 Å². The van der Waals surface area contributed by atoms with E-state index in [4.69, 9.17) is 0 Å². The van der Waals surface area contributed by atoms with E-state index in [1.165, 1.54) is 31.4 Å². The van der Waals surface area contributed by atoms with Crippen LogP contribution in [0.4, 0.5) is 4.53 Å². The molecule has 0 aliphatic heterocycles. The number of hydrogen-bond acceptors (Lipinski definition) is 5. The number of nitrogens with one attached hydrogen (secondary N) is 1. The van der Waals surface area contributed by atoms with Crippen LogP contribution >= 0.6 is 0 Å². The summed E-state index contributed by atoms with van der Waals surface area (Å²) in [6.45, 7) is 0. The predicted molar refractivity (Wildman–Crippen MR) is 61.7 cm³/mol. The molecule has 0 fully saturated rings. The van der Waals surface area contributed by atoms with Crippen molar-refractivity contribution in [3.63, 3.8) is 0 Å². The first-order valence-corrected chi connectivity index (χ1v) is 5.31. The van der Waals surface area contributed by atoms with Crippen LogP contribution in [-0.2, 0) is 25.7 Å². The van der Waals surface area contributed by atoms with Crippen molar-refractivity contribution in [2.45, 2.75) is 12.5 Å². The fourth-order valence-electron chi connectivity index (χ4n) is 1.49. The Morgan fingerprint density at radius 3 is 2.47 bits per heavy atom. The maximum Gasteiger partial charge on any atom is 0.379 e. The highest BCUT2D eigenvalue weighted by Crippen LogP contribution is 2.09. The van der Waals surface area contributed by atoms with E-state index in [1.807, 2.05) is 0 Å². The van der Waals surface area contributed by atoms with Gasteiger partial charge in [-0.15, -0.1) is 0 Å². The van der Waals surface area contributed by atoms with Gasteiger partial charge in [0, 0.05) is 10.9 Å². The van der Waals surface area contributed by atoms with Crippen molar-refractivity contribution in [2.24, 2.45) is 0 Å². The lowest BCUT2D eigenvalue weighted by atomic mass is 10.0. The monoisotopic (exact) mass is 269 g/mol. The highest BCUT2D eigenvalue weighted by molar-refractivity contribution is 5.88. The Morgan fingerprint density at radius 2 is 2.00 bits per heavy atom. The van der Waals surface area contributed by atoms with E-state index < -0.39 is 18.0 Å². The fraction of sp³-hybridized carbons (Fsp3) is 0.250. The second-order valence-electron chi connectivity index (χ2n) is 3.63. The molecule has 1 unspecified atom stereocenters. The lowest BCUT2D eigenvalue weighted by Crippen LogP contribution is -2.38. The third-order valence-electron chi connectivity index (χ3n) is 2.45. The summed E-state index contributed by atoms with van der Waals surface area (Å²) >= 11 is 0. The molecule has 0 radical (unpaired) electrons. The standard InChI is InChI=1S/C12H12FNO5/c1-18-12(17)10(14-7-15)6-8-2-4-9(5-3-8)11(16)19-13/h2-5,7,10H,6H2,1H3,(H,14,15). The van der Waals surface area contributed by atoms with Crippen LogP contribution in [0.3, 0.4) is 0 Å². The smallest absolute Gasteiger partial charge is 0.379 e. The van der Waals surface area contributed by atoms with Gasteiger partial charge in [-0.25, -0.2) is 14.5 Å². The first-order chi connectivity index (χ1) is 9.12. The van der Waals surface area contributed by atoms with Gasteiger partial charge in [0.2, 0.25) is 6.41 Å². The van der Waals surface area contributed by atoms with Crippen LogP contribution in [0.1, 0.15) is 15.9 Å². The van der Waals surface area contributed by atoms with Crippen molar-refractivity contribution in [1.29, 1.82) is 0 Å². The Morgan fingerprint density at radius 1 is 1.37 bits per heavy atom. The molecule has 1 atom stereocenters. The van der Waals surface area contributed by atoms with Gasteiger partial charge in [-0.2, -0.15) is 0 Å². The quantitative estimate of drug-likeness (QED) is 0.602. The minimum atomic E-state index is -1.10. The van der Waals surface area contributed by atoms with E-state index in [9.17, 15) is 18.9 Å². The number of ether oxygens (including phenoxy) is 1. The Balaban J connectivity index is 2.77. The summed E-state index contributed by atoms with van der Waals surface area (Å²) in [6.07, 6.45) is 0.590. The van der Waals surface area contributed by atoms with Crippen LogP contribution in [0.15, 0.2) is 24.3 Å². The molecule has 7 heteroatoms. The minimum absolute atomic E-state index is 0.0456. The first-order valence-electron chi connectivity index (χ1n) is 5.31. The number of hydrogen-bond donors (Lipinski definition) is 1. The van der Waals surface area contributed by atoms with Crippen molar-refractivity contribution < 1.29 is 28.6 Å². The highest BCUT2D eigenvalue weighted by atomic mass is 19.3. The predicted octanol–water partition coefficient (Wildman–Crippen LogP) is 0.558. The van der Waals surface area contributed by atoms with E-state index in [0.29, 0.717) is 12.0 Å². The van der Waals surface area contributed by atoms with Crippen molar-refractivity contribution in [3.8, 4) is 0 Å². The number of carbonyl (C=O) groups is 3. The van der Waals surface area contributed by atoms with Gasteiger partial charge in [-0.05, 0) is 17.7 Å². The van der Waals surface area contributed by atoms with E-state index in [0.717, 1.165) is 0 Å². The third kappa shape index (κ3) is 4.06. The molecule has 0 spiro atoms. The molecule has 1 amide bonds. The van der Waals surface area contributed by atoms with E-state index >= 15 is 0 Å². The fourth-order valence-corrected chi connectivity index (χ4v) is 1.49. The normalized spacial score (nSPS) is 11.3. The number of halogens is 1. The second-order valence-corrected chi connectivity index (χ2v) is 3.63. The molecule has 0 bridgehead atoms. The average Bonchev–Trinajstić information content (AvgIpc) is 2.46. The summed E-state index contributed by atoms with van der Waals surface area (Å²) in [6, 6.07) is 4.93. The molecule has 0 heterocycles. The number of amides is 1. The van der Waals surface area contributed by atoms with Gasteiger partial charge in [-0.1, -0.05) is 12.1 Å². The summed E-state index contributed by atoms with van der Waals surface area (Å²) in [5.74, 6) is -1.68. The Bertz CT molecular complexity index is 460. The van der Waals surface area contributed by atoms with Crippen LogP contribution in [0, 0.1) is 0 Å². The van der Waals surface area contributed by atoms with Crippen LogP contribution < -0.4 is 5.32 Å². The second kappa shape index (κ2) is 7.10. The molecule has 1 aromatic carbocycles. The molecular weight excluding hydrogens is 257 g/mol. The summed E-state index contributed by atoms with van der Waals surface area (Å²) in [5.41, 5.74) is 0.712. The Labute approximate surface area is 108 Å². The summed E-state index contributed by atoms with van der Waals surface area (Å²) < 4.78 is 16.2. The van der Waals surface area contributed by atoms with Gasteiger partial charge in [0.05, 0.1) is 12.7 Å². The summed E-state index contributed by atoms with van der Waals surface area (Å²) in [7, 11) is 1.21. The molecule has 1 N–H and O–H groups in total. The Hall–Kier alpha value is -2.44. The molecule has 0 aliphatic rings. The first kappa shape index (κ1) is 14.6. The summed E-state index contributed by atoms with van der Waals surface area (Å²) in [4.78, 5) is 35.7. The lowest BCUT2D eigenvalue weighted by molar-refractivity contribution is -0.144. The Kier molecular flexibility index (Phi) is 5.46. The van der Waals surface area contributed by atoms with Gasteiger partial charge < -0.3 is 10.1 Å². The third-order valence-corrected chi connectivity index (χ3v) is 2.45. The van der Waals surface area contributed by atoms with Crippen molar-refractivity contribution in [2.75, 3.05) is 7.11 Å². The van der Waals surface area contributed by atoms with E-state index in [2.05, 4.69) is 15.0 Å². The molecule has 0 aliphatic carbocycles. The molecule has 6 nitrogen and oxygen atoms in total. The van der Waals surface area contributed by atoms with Crippen molar-refractivity contribution in [1.82, 2.24) is 5.32 Å². The van der Waals surface area contributed by atoms with Gasteiger partial charge >= 0.3 is 11.9 Å². The van der Waals surface area contributed by atoms with E-state index in [1.54, 1.807) is 0 Å². The van der Waals surface area contributed by atoms with Crippen LogP contribution in [0.2, 0.25) is 0 Å². The molecular formula is C12H12FNO5. The summed E-state index contributed by atoms with van der Waals surface area (Å²) in [5, 5.41) is 2.32. The van der Waals surface area contributed by atoms with Gasteiger partial charge in [-0.3, -0.25) is 4.79 Å². The van der Waals surface area contributed by atoms with Gasteiger partial charge in [0.25, 0.3) is 0 Å². The van der Waals surface area contributed by atoms with E-state index in [-0.39, 0.29) is 12.0 Å². The molecule has 19 heavy (non-hydrogen) atoms. The van der Waals surface area contributed by atoms with Crippen LogP contribution in [0.5, 0.6) is 0 Å². The maximum atomic E-state index is 11.7. The maximum absolute atomic E-state index is 11.7. The van der Waals surface area contributed by atoms with Crippen molar-refractivity contribution >= 4 is 18.3 Å². The zero-order valence-electron chi connectivity index (χ0n) is 10.1. The number of esters is 1. The number of methoxy groups -OCH3 is 1. The molecule has 0 aromatic heterocycles. The van der Waals surface area contributed by atoms with Crippen LogP contribution in [-0.4, -0.2) is 31.5 Å². The molecule has 0 saturated heterocycles. The topological polar surface area (TPSA) is 81.7 Å². The zero-order chi connectivity index (χ0) is 14.3. The highest BCUT2D eigenvalue weighted by Gasteiger charge is 2.18.